The van der Waals surface area contributed by atoms with Gasteiger partial charge in [0.25, 0.3) is 5.91 Å². The molecule has 1 aliphatic heterocycles. The molecule has 32 heavy (non-hydrogen) atoms. The molecule has 2 aromatic carbocycles. The molecule has 0 saturated carbocycles. The summed E-state index contributed by atoms with van der Waals surface area (Å²) in [6.07, 6.45) is 1.80. The lowest BCUT2D eigenvalue weighted by atomic mass is 10.1. The summed E-state index contributed by atoms with van der Waals surface area (Å²) >= 11 is 6.45. The fraction of sp³-hybridized carbons (Fsp3) is 0.333. The molecule has 0 bridgehead atoms. The number of hydrogen-bond acceptors (Lipinski definition) is 7. The lowest BCUT2D eigenvalue weighted by Gasteiger charge is -2.12. The highest BCUT2D eigenvalue weighted by Gasteiger charge is 2.28. The van der Waals surface area contributed by atoms with Gasteiger partial charge < -0.3 is 18.9 Å². The number of benzene rings is 2. The number of thiocarbonyl (C=S) groups is 1. The molecule has 0 aliphatic carbocycles. The Bertz CT molecular complexity index is 1020. The van der Waals surface area contributed by atoms with Crippen LogP contribution in [0, 0.1) is 13.8 Å². The first kappa shape index (κ1) is 24.1. The van der Waals surface area contributed by atoms with E-state index in [0.717, 1.165) is 11.3 Å². The summed E-state index contributed by atoms with van der Waals surface area (Å²) in [7, 11) is 3.26. The summed E-state index contributed by atoms with van der Waals surface area (Å²) < 4.78 is 23.1. The maximum atomic E-state index is 12.2. The lowest BCUT2D eigenvalue weighted by Crippen LogP contribution is -2.22. The molecule has 1 saturated heterocycles. The van der Waals surface area contributed by atoms with Crippen molar-refractivity contribution < 1.29 is 23.7 Å². The standard InChI is InChI=1S/C24H27NO5S2/c1-16-5-7-19(13-17(16)2)29-11-9-28-10-12-30-20-8-6-18(14-21(20)27-4)15-22-23(26)25(3)24(31)32-22/h5-8,13-15H,9-12H2,1-4H3/b22-15-. The molecule has 2 aromatic rings. The normalized spacial score (nSPS) is 14.9. The fourth-order valence-corrected chi connectivity index (χ4v) is 4.10. The highest BCUT2D eigenvalue weighted by Crippen LogP contribution is 2.34. The molecule has 0 radical (unpaired) electrons. The van der Waals surface area contributed by atoms with E-state index < -0.39 is 0 Å². The number of hydrogen-bond donors (Lipinski definition) is 0. The largest absolute Gasteiger partial charge is 0.493 e. The third-order valence-electron chi connectivity index (χ3n) is 4.93. The first-order chi connectivity index (χ1) is 15.4. The van der Waals surface area contributed by atoms with Crippen molar-refractivity contribution >= 4 is 40.3 Å². The minimum absolute atomic E-state index is 0.0991. The van der Waals surface area contributed by atoms with Gasteiger partial charge in [-0.05, 0) is 60.9 Å². The number of methoxy groups -OCH3 is 1. The highest BCUT2D eigenvalue weighted by molar-refractivity contribution is 8.26. The zero-order chi connectivity index (χ0) is 23.1. The maximum absolute atomic E-state index is 12.2. The summed E-state index contributed by atoms with van der Waals surface area (Å²) in [5.74, 6) is 1.95. The first-order valence-electron chi connectivity index (χ1n) is 10.2. The molecule has 1 fully saturated rings. The number of carbonyl (C=O) groups is 1. The van der Waals surface area contributed by atoms with Crippen molar-refractivity contribution in [2.75, 3.05) is 40.6 Å². The molecule has 1 heterocycles. The molecule has 0 N–H and O–H groups in total. The van der Waals surface area contributed by atoms with Crippen molar-refractivity contribution in [3.05, 3.63) is 58.0 Å². The van der Waals surface area contributed by atoms with Crippen LogP contribution in [0.2, 0.25) is 0 Å². The van der Waals surface area contributed by atoms with E-state index in [1.165, 1.54) is 27.8 Å². The van der Waals surface area contributed by atoms with Crippen LogP contribution >= 0.6 is 24.0 Å². The van der Waals surface area contributed by atoms with E-state index in [0.29, 0.717) is 47.2 Å². The van der Waals surface area contributed by atoms with Gasteiger partial charge in [-0.25, -0.2) is 0 Å². The van der Waals surface area contributed by atoms with Gasteiger partial charge in [-0.15, -0.1) is 0 Å². The zero-order valence-corrected chi connectivity index (χ0v) is 20.3. The third kappa shape index (κ3) is 6.25. The highest BCUT2D eigenvalue weighted by atomic mass is 32.2. The van der Waals surface area contributed by atoms with Gasteiger partial charge in [0, 0.05) is 7.05 Å². The predicted molar refractivity (Wildman–Crippen MR) is 132 cm³/mol. The summed E-state index contributed by atoms with van der Waals surface area (Å²) in [6.45, 7) is 5.90. The molecule has 3 rings (SSSR count). The van der Waals surface area contributed by atoms with Crippen LogP contribution in [-0.4, -0.2) is 55.7 Å². The topological polar surface area (TPSA) is 57.2 Å². The van der Waals surface area contributed by atoms with Crippen LogP contribution in [0.15, 0.2) is 41.3 Å². The minimum atomic E-state index is -0.0991. The van der Waals surface area contributed by atoms with E-state index in [1.807, 2.05) is 36.4 Å². The van der Waals surface area contributed by atoms with Gasteiger partial charge in [-0.3, -0.25) is 9.69 Å². The molecule has 0 atom stereocenters. The van der Waals surface area contributed by atoms with Gasteiger partial charge in [-0.1, -0.05) is 36.1 Å². The van der Waals surface area contributed by atoms with E-state index >= 15 is 0 Å². The number of thioether (sulfide) groups is 1. The number of rotatable bonds is 10. The Labute approximate surface area is 198 Å². The van der Waals surface area contributed by atoms with E-state index in [4.69, 9.17) is 31.2 Å². The molecule has 0 unspecified atom stereocenters. The smallest absolute Gasteiger partial charge is 0.265 e. The van der Waals surface area contributed by atoms with Crippen LogP contribution in [-0.2, 0) is 9.53 Å². The second-order valence-electron chi connectivity index (χ2n) is 7.21. The molecule has 0 spiro atoms. The molecule has 1 amide bonds. The average molecular weight is 474 g/mol. The summed E-state index contributed by atoms with van der Waals surface area (Å²) in [5.41, 5.74) is 3.29. The number of carbonyl (C=O) groups excluding carboxylic acids is 1. The Kier molecular flexibility index (Phi) is 8.55. The fourth-order valence-electron chi connectivity index (χ4n) is 2.92. The molecular weight excluding hydrogens is 446 g/mol. The second-order valence-corrected chi connectivity index (χ2v) is 8.88. The lowest BCUT2D eigenvalue weighted by molar-refractivity contribution is -0.121. The van der Waals surface area contributed by atoms with Gasteiger partial charge in [0.1, 0.15) is 23.3 Å². The first-order valence-corrected chi connectivity index (χ1v) is 11.4. The van der Waals surface area contributed by atoms with Crippen LogP contribution in [0.25, 0.3) is 6.08 Å². The quantitative estimate of drug-likeness (QED) is 0.284. The van der Waals surface area contributed by atoms with E-state index in [2.05, 4.69) is 13.8 Å². The van der Waals surface area contributed by atoms with Crippen LogP contribution < -0.4 is 14.2 Å². The Morgan fingerprint density at radius 3 is 2.38 bits per heavy atom. The van der Waals surface area contributed by atoms with Crippen LogP contribution in [0.1, 0.15) is 16.7 Å². The molecule has 0 aromatic heterocycles. The van der Waals surface area contributed by atoms with Gasteiger partial charge in [0.05, 0.1) is 25.2 Å². The molecule has 1 aliphatic rings. The monoisotopic (exact) mass is 473 g/mol. The van der Waals surface area contributed by atoms with Crippen LogP contribution in [0.4, 0.5) is 0 Å². The zero-order valence-electron chi connectivity index (χ0n) is 18.7. The number of ether oxygens (including phenoxy) is 4. The average Bonchev–Trinajstić information content (AvgIpc) is 3.02. The number of likely N-dealkylation sites (N-methyl/N-ethyl adjacent to an activating group) is 1. The predicted octanol–water partition coefficient (Wildman–Crippen LogP) is 4.62. The Balaban J connectivity index is 1.43. The van der Waals surface area contributed by atoms with Crippen LogP contribution in [0.5, 0.6) is 17.2 Å². The van der Waals surface area contributed by atoms with Gasteiger partial charge in [-0.2, -0.15) is 0 Å². The van der Waals surface area contributed by atoms with Gasteiger partial charge in [0.2, 0.25) is 0 Å². The van der Waals surface area contributed by atoms with Crippen molar-refractivity contribution in [2.45, 2.75) is 13.8 Å². The number of aryl methyl sites for hydroxylation is 2. The van der Waals surface area contributed by atoms with Crippen molar-refractivity contribution in [1.82, 2.24) is 4.90 Å². The Hall–Kier alpha value is -2.55. The summed E-state index contributed by atoms with van der Waals surface area (Å²) in [6, 6.07) is 11.6. The van der Waals surface area contributed by atoms with E-state index in [1.54, 1.807) is 20.2 Å². The molecule has 8 heteroatoms. The minimum Gasteiger partial charge on any atom is -0.493 e. The van der Waals surface area contributed by atoms with Crippen molar-refractivity contribution in [3.8, 4) is 17.2 Å². The number of amides is 1. The van der Waals surface area contributed by atoms with Gasteiger partial charge >= 0.3 is 0 Å². The second kappa shape index (κ2) is 11.4. The van der Waals surface area contributed by atoms with E-state index in [9.17, 15) is 4.79 Å². The molecule has 6 nitrogen and oxygen atoms in total. The number of nitrogens with zero attached hydrogens (tertiary/aromatic N) is 1. The van der Waals surface area contributed by atoms with Crippen LogP contribution in [0.3, 0.4) is 0 Å². The molecular formula is C24H27NO5S2. The molecule has 170 valence electrons. The van der Waals surface area contributed by atoms with Gasteiger partial charge in [0.15, 0.2) is 11.5 Å². The van der Waals surface area contributed by atoms with Crippen molar-refractivity contribution in [3.63, 3.8) is 0 Å². The van der Waals surface area contributed by atoms with E-state index in [-0.39, 0.29) is 5.91 Å². The Morgan fingerprint density at radius 1 is 0.969 bits per heavy atom. The Morgan fingerprint density at radius 2 is 1.72 bits per heavy atom. The maximum Gasteiger partial charge on any atom is 0.265 e. The van der Waals surface area contributed by atoms with Crippen molar-refractivity contribution in [2.24, 2.45) is 0 Å². The van der Waals surface area contributed by atoms with Crippen molar-refractivity contribution in [1.29, 1.82) is 0 Å². The SMILES string of the molecule is COc1cc(/C=C2\SC(=S)N(C)C2=O)ccc1OCCOCCOc1ccc(C)c(C)c1. The summed E-state index contributed by atoms with van der Waals surface area (Å²) in [4.78, 5) is 14.2. The summed E-state index contributed by atoms with van der Waals surface area (Å²) in [5, 5.41) is 0. The third-order valence-corrected chi connectivity index (χ3v) is 6.42.